The lowest BCUT2D eigenvalue weighted by Gasteiger charge is -2.12. The molecule has 2 saturated carbocycles. The van der Waals surface area contributed by atoms with E-state index in [9.17, 15) is 4.79 Å². The second-order valence-corrected chi connectivity index (χ2v) is 8.54. The first kappa shape index (κ1) is 17.8. The number of rotatable bonds is 7. The lowest BCUT2D eigenvalue weighted by molar-refractivity contribution is 0.0582. The number of ether oxygens (including phenoxy) is 1. The van der Waals surface area contributed by atoms with Gasteiger partial charge < -0.3 is 14.6 Å². The van der Waals surface area contributed by atoms with Crippen LogP contribution < -0.4 is 5.32 Å². The van der Waals surface area contributed by atoms with E-state index in [2.05, 4.69) is 15.5 Å². The number of hydrogen-bond donors (Lipinski definition) is 1. The van der Waals surface area contributed by atoms with Crippen LogP contribution >= 0.6 is 11.3 Å². The molecule has 0 unspecified atom stereocenters. The minimum Gasteiger partial charge on any atom is -0.376 e. The summed E-state index contributed by atoms with van der Waals surface area (Å²) in [6.07, 6.45) is 7.29. The average molecular weight is 398 g/mol. The van der Waals surface area contributed by atoms with Crippen molar-refractivity contribution in [2.75, 3.05) is 13.2 Å². The molecule has 28 heavy (non-hydrogen) atoms. The number of thiophene rings is 1. The van der Waals surface area contributed by atoms with Gasteiger partial charge in [-0.25, -0.2) is 4.98 Å². The Balaban J connectivity index is 1.39. The lowest BCUT2D eigenvalue weighted by atomic mass is 10.1. The summed E-state index contributed by atoms with van der Waals surface area (Å²) < 4.78 is 11.4. The number of aromatic nitrogens is 2. The molecule has 0 saturated heterocycles. The van der Waals surface area contributed by atoms with Gasteiger partial charge in [-0.05, 0) is 43.2 Å². The molecular formula is C21H23N3O3S. The van der Waals surface area contributed by atoms with Gasteiger partial charge in [0.15, 0.2) is 0 Å². The third-order valence-electron chi connectivity index (χ3n) is 5.50. The quantitative estimate of drug-likeness (QED) is 0.593. The summed E-state index contributed by atoms with van der Waals surface area (Å²) in [7, 11) is 0. The number of nitrogens with zero attached hydrogens (tertiary/aromatic N) is 2. The van der Waals surface area contributed by atoms with E-state index in [-0.39, 0.29) is 5.91 Å². The fourth-order valence-electron chi connectivity index (χ4n) is 3.88. The summed E-state index contributed by atoms with van der Waals surface area (Å²) in [5.74, 6) is 0.262. The predicted octanol–water partition coefficient (Wildman–Crippen LogP) is 4.52. The van der Waals surface area contributed by atoms with Crippen molar-refractivity contribution in [1.82, 2.24) is 15.5 Å². The Bertz CT molecular complexity index is 972. The monoisotopic (exact) mass is 397 g/mol. The molecule has 0 bridgehead atoms. The predicted molar refractivity (Wildman–Crippen MR) is 108 cm³/mol. The second kappa shape index (κ2) is 7.64. The minimum atomic E-state index is -0.120. The molecule has 2 fully saturated rings. The summed E-state index contributed by atoms with van der Waals surface area (Å²) in [6.45, 7) is 1.04. The van der Waals surface area contributed by atoms with Gasteiger partial charge in [-0.1, -0.05) is 24.1 Å². The molecule has 3 aromatic rings. The average Bonchev–Trinajstić information content (AvgIpc) is 3.14. The highest BCUT2D eigenvalue weighted by Gasteiger charge is 2.32. The van der Waals surface area contributed by atoms with Crippen LogP contribution in [0.4, 0.5) is 0 Å². The van der Waals surface area contributed by atoms with Crippen LogP contribution in [-0.2, 0) is 4.74 Å². The standard InChI is InChI=1S/C21H23N3O3S/c25-20(22-9-10-26-14-4-1-2-5-14)15-12-16(17-6-3-11-28-17)23-21-18(15)19(24-27-21)13-7-8-13/h3,6,11-14H,1-2,4-5,7-10H2,(H,22,25). The zero-order valence-electron chi connectivity index (χ0n) is 15.6. The smallest absolute Gasteiger partial charge is 0.259 e. The zero-order chi connectivity index (χ0) is 18.9. The van der Waals surface area contributed by atoms with Crippen LogP contribution in [0.3, 0.4) is 0 Å². The Kier molecular flexibility index (Phi) is 4.86. The van der Waals surface area contributed by atoms with E-state index >= 15 is 0 Å². The molecule has 0 radical (unpaired) electrons. The highest BCUT2D eigenvalue weighted by molar-refractivity contribution is 7.13. The zero-order valence-corrected chi connectivity index (χ0v) is 16.5. The molecule has 2 aliphatic carbocycles. The van der Waals surface area contributed by atoms with Gasteiger partial charge in [0.1, 0.15) is 0 Å². The first-order chi connectivity index (χ1) is 13.8. The Hall–Kier alpha value is -2.25. The van der Waals surface area contributed by atoms with Crippen LogP contribution in [0.1, 0.15) is 60.5 Å². The van der Waals surface area contributed by atoms with Crippen molar-refractivity contribution >= 4 is 28.3 Å². The van der Waals surface area contributed by atoms with Crippen molar-refractivity contribution in [3.63, 3.8) is 0 Å². The van der Waals surface area contributed by atoms with E-state index in [1.165, 1.54) is 12.8 Å². The summed E-state index contributed by atoms with van der Waals surface area (Å²) in [6, 6.07) is 5.83. The summed E-state index contributed by atoms with van der Waals surface area (Å²) in [5.41, 5.74) is 2.65. The number of pyridine rings is 1. The Labute approximate surface area is 167 Å². The Morgan fingerprint density at radius 1 is 1.29 bits per heavy atom. The molecule has 6 nitrogen and oxygen atoms in total. The van der Waals surface area contributed by atoms with Crippen molar-refractivity contribution in [2.45, 2.75) is 50.5 Å². The molecule has 0 atom stereocenters. The van der Waals surface area contributed by atoms with Gasteiger partial charge in [0.25, 0.3) is 11.6 Å². The van der Waals surface area contributed by atoms with Gasteiger partial charge in [0.05, 0.1) is 39.9 Å². The number of hydrogen-bond acceptors (Lipinski definition) is 6. The van der Waals surface area contributed by atoms with Gasteiger partial charge >= 0.3 is 0 Å². The third-order valence-corrected chi connectivity index (χ3v) is 6.39. The largest absolute Gasteiger partial charge is 0.376 e. The van der Waals surface area contributed by atoms with Gasteiger partial charge in [0, 0.05) is 12.5 Å². The molecule has 5 rings (SSSR count). The van der Waals surface area contributed by atoms with E-state index in [4.69, 9.17) is 9.26 Å². The van der Waals surface area contributed by atoms with Gasteiger partial charge in [-0.15, -0.1) is 11.3 Å². The van der Waals surface area contributed by atoms with Crippen LogP contribution in [0.2, 0.25) is 0 Å². The molecule has 3 aromatic heterocycles. The summed E-state index contributed by atoms with van der Waals surface area (Å²) in [4.78, 5) is 18.6. The van der Waals surface area contributed by atoms with Crippen molar-refractivity contribution in [3.8, 4) is 10.6 Å². The van der Waals surface area contributed by atoms with Crippen LogP contribution in [0, 0.1) is 0 Å². The molecule has 2 aliphatic rings. The molecule has 146 valence electrons. The van der Waals surface area contributed by atoms with Gasteiger partial charge in [-0.3, -0.25) is 4.79 Å². The molecule has 0 aromatic carbocycles. The molecule has 7 heteroatoms. The SMILES string of the molecule is O=C(NCCOC1CCCC1)c1cc(-c2cccs2)nc2onc(C3CC3)c12. The minimum absolute atomic E-state index is 0.120. The lowest BCUT2D eigenvalue weighted by Crippen LogP contribution is -2.28. The summed E-state index contributed by atoms with van der Waals surface area (Å²) in [5, 5.41) is 10.00. The maximum Gasteiger partial charge on any atom is 0.259 e. The fourth-order valence-corrected chi connectivity index (χ4v) is 4.56. The third kappa shape index (κ3) is 3.56. The molecule has 3 heterocycles. The van der Waals surface area contributed by atoms with Crippen LogP contribution in [0.5, 0.6) is 0 Å². The van der Waals surface area contributed by atoms with E-state index in [0.29, 0.717) is 36.5 Å². The van der Waals surface area contributed by atoms with Crippen molar-refractivity contribution in [3.05, 3.63) is 34.8 Å². The molecule has 0 aliphatic heterocycles. The first-order valence-electron chi connectivity index (χ1n) is 10.0. The van der Waals surface area contributed by atoms with Crippen molar-refractivity contribution in [1.29, 1.82) is 0 Å². The van der Waals surface area contributed by atoms with Crippen LogP contribution in [0.15, 0.2) is 28.1 Å². The normalized spacial score (nSPS) is 17.4. The van der Waals surface area contributed by atoms with Crippen molar-refractivity contribution < 1.29 is 14.1 Å². The molecule has 1 N–H and O–H groups in total. The maximum atomic E-state index is 13.0. The van der Waals surface area contributed by atoms with Crippen LogP contribution in [-0.4, -0.2) is 35.3 Å². The second-order valence-electron chi connectivity index (χ2n) is 7.59. The summed E-state index contributed by atoms with van der Waals surface area (Å²) >= 11 is 1.59. The number of amides is 1. The number of carbonyl (C=O) groups is 1. The number of fused-ring (bicyclic) bond motifs is 1. The Morgan fingerprint density at radius 2 is 2.14 bits per heavy atom. The Morgan fingerprint density at radius 3 is 2.89 bits per heavy atom. The first-order valence-corrected chi connectivity index (χ1v) is 10.9. The number of nitrogens with one attached hydrogen (secondary N) is 1. The van der Waals surface area contributed by atoms with E-state index in [0.717, 1.165) is 47.3 Å². The van der Waals surface area contributed by atoms with Gasteiger partial charge in [0.2, 0.25) is 0 Å². The topological polar surface area (TPSA) is 77.2 Å². The molecule has 1 amide bonds. The van der Waals surface area contributed by atoms with Crippen molar-refractivity contribution in [2.24, 2.45) is 0 Å². The molecule has 0 spiro atoms. The highest BCUT2D eigenvalue weighted by atomic mass is 32.1. The number of carbonyl (C=O) groups excluding carboxylic acids is 1. The molecular weight excluding hydrogens is 374 g/mol. The van der Waals surface area contributed by atoms with Gasteiger partial charge in [-0.2, -0.15) is 0 Å². The fraction of sp³-hybridized carbons (Fsp3) is 0.476. The van der Waals surface area contributed by atoms with E-state index in [1.807, 2.05) is 23.6 Å². The highest BCUT2D eigenvalue weighted by Crippen LogP contribution is 2.43. The maximum absolute atomic E-state index is 13.0. The van der Waals surface area contributed by atoms with E-state index in [1.54, 1.807) is 11.3 Å². The van der Waals surface area contributed by atoms with E-state index < -0.39 is 0 Å². The van der Waals surface area contributed by atoms with Crippen LogP contribution in [0.25, 0.3) is 21.7 Å².